The highest BCUT2D eigenvalue weighted by molar-refractivity contribution is 5.63. The number of rotatable bonds is 5. The number of ether oxygens (including phenoxy) is 2. The summed E-state index contributed by atoms with van der Waals surface area (Å²) in [6.07, 6.45) is 0. The fourth-order valence-corrected chi connectivity index (χ4v) is 1.69. The molecule has 0 spiro atoms. The third-order valence-electron chi connectivity index (χ3n) is 2.62. The maximum absolute atomic E-state index is 5.65. The lowest BCUT2D eigenvalue weighted by Crippen LogP contribution is -2.03. The third-order valence-corrected chi connectivity index (χ3v) is 2.62. The number of methoxy groups -OCH3 is 2. The molecule has 0 unspecified atom stereocenters. The maximum Gasteiger partial charge on any atom is 0.223 e. The van der Waals surface area contributed by atoms with Crippen LogP contribution in [0, 0.1) is 0 Å². The van der Waals surface area contributed by atoms with E-state index in [9.17, 15) is 0 Å². The minimum Gasteiger partial charge on any atom is -0.497 e. The molecule has 7 nitrogen and oxygen atoms in total. The maximum atomic E-state index is 5.65. The standard InChI is InChI=1S/C13H17N5O2/c1-15-11-7-12(18-13(14)17-11)16-8-4-9(19-2)6-10(5-8)20-3/h4-7H,1-3H3,(H4,14,15,16,17,18). The topological polar surface area (TPSA) is 94.3 Å². The van der Waals surface area contributed by atoms with E-state index in [0.717, 1.165) is 5.69 Å². The Kier molecular flexibility index (Phi) is 4.09. The molecule has 0 aliphatic rings. The van der Waals surface area contributed by atoms with Crippen molar-refractivity contribution in [2.45, 2.75) is 0 Å². The van der Waals surface area contributed by atoms with E-state index >= 15 is 0 Å². The monoisotopic (exact) mass is 275 g/mol. The molecule has 2 aromatic rings. The molecule has 0 fully saturated rings. The van der Waals surface area contributed by atoms with Crippen molar-refractivity contribution in [3.05, 3.63) is 24.3 Å². The molecule has 20 heavy (non-hydrogen) atoms. The molecule has 0 bridgehead atoms. The van der Waals surface area contributed by atoms with Crippen LogP contribution < -0.4 is 25.8 Å². The molecule has 0 saturated heterocycles. The Morgan fingerprint density at radius 1 is 0.950 bits per heavy atom. The first kappa shape index (κ1) is 13.7. The molecule has 2 rings (SSSR count). The second kappa shape index (κ2) is 5.96. The highest BCUT2D eigenvalue weighted by Gasteiger charge is 2.05. The fraction of sp³-hybridized carbons (Fsp3) is 0.231. The highest BCUT2D eigenvalue weighted by Crippen LogP contribution is 2.28. The van der Waals surface area contributed by atoms with Crippen molar-refractivity contribution in [2.75, 3.05) is 37.6 Å². The van der Waals surface area contributed by atoms with Gasteiger partial charge in [-0.05, 0) is 0 Å². The molecule has 1 aromatic heterocycles. The average Bonchev–Trinajstić information content (AvgIpc) is 2.46. The van der Waals surface area contributed by atoms with Crippen molar-refractivity contribution in [1.29, 1.82) is 0 Å². The molecular weight excluding hydrogens is 258 g/mol. The van der Waals surface area contributed by atoms with Gasteiger partial charge in [-0.3, -0.25) is 0 Å². The van der Waals surface area contributed by atoms with Gasteiger partial charge in [0.2, 0.25) is 5.95 Å². The Hall–Kier alpha value is -2.70. The van der Waals surface area contributed by atoms with E-state index in [0.29, 0.717) is 23.1 Å². The van der Waals surface area contributed by atoms with Crippen LogP contribution in [-0.2, 0) is 0 Å². The van der Waals surface area contributed by atoms with Crippen molar-refractivity contribution in [1.82, 2.24) is 9.97 Å². The van der Waals surface area contributed by atoms with Crippen molar-refractivity contribution in [3.8, 4) is 11.5 Å². The molecular formula is C13H17N5O2. The largest absolute Gasteiger partial charge is 0.497 e. The second-order valence-electron chi connectivity index (χ2n) is 3.97. The van der Waals surface area contributed by atoms with Crippen molar-refractivity contribution in [2.24, 2.45) is 0 Å². The van der Waals surface area contributed by atoms with Crippen molar-refractivity contribution in [3.63, 3.8) is 0 Å². The number of nitrogens with one attached hydrogen (secondary N) is 2. The Balaban J connectivity index is 2.31. The van der Waals surface area contributed by atoms with Gasteiger partial charge in [-0.1, -0.05) is 0 Å². The summed E-state index contributed by atoms with van der Waals surface area (Å²) in [6.45, 7) is 0. The molecule has 0 amide bonds. The molecule has 1 heterocycles. The summed E-state index contributed by atoms with van der Waals surface area (Å²) in [6, 6.07) is 7.21. The third kappa shape index (κ3) is 3.19. The minimum atomic E-state index is 0.189. The molecule has 0 radical (unpaired) electrons. The lowest BCUT2D eigenvalue weighted by molar-refractivity contribution is 0.395. The molecule has 0 saturated carbocycles. The Labute approximate surface area is 117 Å². The summed E-state index contributed by atoms with van der Waals surface area (Å²) in [4.78, 5) is 8.15. The summed E-state index contributed by atoms with van der Waals surface area (Å²) >= 11 is 0. The molecule has 106 valence electrons. The van der Waals surface area contributed by atoms with Gasteiger partial charge in [0.05, 0.1) is 14.2 Å². The highest BCUT2D eigenvalue weighted by atomic mass is 16.5. The zero-order valence-electron chi connectivity index (χ0n) is 11.6. The van der Waals surface area contributed by atoms with Gasteiger partial charge in [-0.25, -0.2) is 0 Å². The van der Waals surface area contributed by atoms with Crippen LogP contribution in [0.1, 0.15) is 0 Å². The first-order chi connectivity index (χ1) is 9.64. The SMILES string of the molecule is CNc1cc(Nc2cc(OC)cc(OC)c2)nc(N)n1. The predicted octanol–water partition coefficient (Wildman–Crippen LogP) is 1.86. The van der Waals surface area contributed by atoms with E-state index in [1.807, 2.05) is 12.1 Å². The lowest BCUT2D eigenvalue weighted by Gasteiger charge is -2.11. The molecule has 1 aromatic carbocycles. The number of nitrogens with two attached hydrogens (primary N) is 1. The van der Waals surface area contributed by atoms with E-state index < -0.39 is 0 Å². The van der Waals surface area contributed by atoms with E-state index in [4.69, 9.17) is 15.2 Å². The van der Waals surface area contributed by atoms with Gasteiger partial charge in [-0.15, -0.1) is 0 Å². The van der Waals surface area contributed by atoms with Gasteiger partial charge in [0, 0.05) is 37.0 Å². The first-order valence-corrected chi connectivity index (χ1v) is 5.97. The average molecular weight is 275 g/mol. The second-order valence-corrected chi connectivity index (χ2v) is 3.97. The summed E-state index contributed by atoms with van der Waals surface area (Å²) < 4.78 is 10.4. The predicted molar refractivity (Wildman–Crippen MR) is 78.8 cm³/mol. The normalized spacial score (nSPS) is 9.95. The molecule has 0 atom stereocenters. The van der Waals surface area contributed by atoms with Crippen LogP contribution in [-0.4, -0.2) is 31.2 Å². The zero-order valence-corrected chi connectivity index (χ0v) is 11.6. The van der Waals surface area contributed by atoms with E-state index in [-0.39, 0.29) is 5.95 Å². The van der Waals surface area contributed by atoms with Gasteiger partial charge < -0.3 is 25.8 Å². The fourth-order valence-electron chi connectivity index (χ4n) is 1.69. The molecule has 0 aliphatic carbocycles. The van der Waals surface area contributed by atoms with Crippen LogP contribution in [0.3, 0.4) is 0 Å². The van der Waals surface area contributed by atoms with Gasteiger partial charge >= 0.3 is 0 Å². The molecule has 0 aliphatic heterocycles. The Morgan fingerprint density at radius 2 is 1.55 bits per heavy atom. The lowest BCUT2D eigenvalue weighted by atomic mass is 10.2. The van der Waals surface area contributed by atoms with Crippen LogP contribution in [0.25, 0.3) is 0 Å². The van der Waals surface area contributed by atoms with Crippen LogP contribution in [0.5, 0.6) is 11.5 Å². The van der Waals surface area contributed by atoms with Crippen LogP contribution in [0.4, 0.5) is 23.3 Å². The minimum absolute atomic E-state index is 0.189. The summed E-state index contributed by atoms with van der Waals surface area (Å²) in [5.74, 6) is 2.77. The number of nitrogens with zero attached hydrogens (tertiary/aromatic N) is 2. The molecule has 7 heteroatoms. The zero-order chi connectivity index (χ0) is 14.5. The quantitative estimate of drug-likeness (QED) is 0.766. The van der Waals surface area contributed by atoms with E-state index in [2.05, 4.69) is 20.6 Å². The Bertz CT molecular complexity index is 581. The summed E-state index contributed by atoms with van der Waals surface area (Å²) in [5, 5.41) is 6.06. The van der Waals surface area contributed by atoms with Gasteiger partial charge in [0.25, 0.3) is 0 Å². The first-order valence-electron chi connectivity index (χ1n) is 5.97. The number of nitrogen functional groups attached to an aromatic ring is 1. The number of hydrogen-bond acceptors (Lipinski definition) is 7. The molecule has 4 N–H and O–H groups in total. The van der Waals surface area contributed by atoms with Crippen LogP contribution in [0.2, 0.25) is 0 Å². The Morgan fingerprint density at radius 3 is 2.10 bits per heavy atom. The van der Waals surface area contributed by atoms with Crippen LogP contribution >= 0.6 is 0 Å². The van der Waals surface area contributed by atoms with Gasteiger partial charge in [-0.2, -0.15) is 9.97 Å². The van der Waals surface area contributed by atoms with Gasteiger partial charge in [0.1, 0.15) is 23.1 Å². The van der Waals surface area contributed by atoms with E-state index in [1.165, 1.54) is 0 Å². The van der Waals surface area contributed by atoms with Crippen LogP contribution in [0.15, 0.2) is 24.3 Å². The number of anilines is 4. The summed E-state index contributed by atoms with van der Waals surface area (Å²) in [5.41, 5.74) is 6.43. The summed E-state index contributed by atoms with van der Waals surface area (Å²) in [7, 11) is 4.96. The van der Waals surface area contributed by atoms with Gasteiger partial charge in [0.15, 0.2) is 0 Å². The van der Waals surface area contributed by atoms with Crippen molar-refractivity contribution >= 4 is 23.3 Å². The van der Waals surface area contributed by atoms with Crippen molar-refractivity contribution < 1.29 is 9.47 Å². The number of benzene rings is 1. The smallest absolute Gasteiger partial charge is 0.223 e. The van der Waals surface area contributed by atoms with E-state index in [1.54, 1.807) is 33.4 Å². The number of hydrogen-bond donors (Lipinski definition) is 3. The number of aromatic nitrogens is 2.